The Morgan fingerprint density at radius 1 is 1.12 bits per heavy atom. The first-order valence-electron chi connectivity index (χ1n) is 9.29. The van der Waals surface area contributed by atoms with Crippen molar-refractivity contribution in [1.82, 2.24) is 19.2 Å². The number of piperidine rings is 1. The Kier molecular flexibility index (Phi) is 3.26. The second kappa shape index (κ2) is 5.43. The zero-order valence-corrected chi connectivity index (χ0v) is 15.4. The van der Waals surface area contributed by atoms with E-state index in [1.165, 1.54) is 5.69 Å². The van der Waals surface area contributed by atoms with Crippen LogP contribution < -0.4 is 10.5 Å². The molecular formula is C20H23N5O. The van der Waals surface area contributed by atoms with Gasteiger partial charge in [-0.1, -0.05) is 6.07 Å². The molecule has 3 aromatic rings. The second-order valence-corrected chi connectivity index (χ2v) is 7.80. The van der Waals surface area contributed by atoms with Gasteiger partial charge in [-0.3, -0.25) is 4.79 Å². The molecule has 0 radical (unpaired) electrons. The van der Waals surface area contributed by atoms with E-state index >= 15 is 0 Å². The molecule has 3 aromatic heterocycles. The lowest BCUT2D eigenvalue weighted by Crippen LogP contribution is -2.47. The Bertz CT molecular complexity index is 1080. The maximum absolute atomic E-state index is 12.2. The first-order valence-corrected chi connectivity index (χ1v) is 9.29. The van der Waals surface area contributed by atoms with E-state index in [1.807, 2.05) is 29.0 Å². The number of aromatic nitrogens is 4. The first-order chi connectivity index (χ1) is 12.5. The maximum atomic E-state index is 12.2. The Balaban J connectivity index is 1.61. The van der Waals surface area contributed by atoms with Crippen LogP contribution in [-0.2, 0) is 6.54 Å². The van der Waals surface area contributed by atoms with Crippen molar-refractivity contribution in [3.63, 3.8) is 0 Å². The molecule has 0 unspecified atom stereocenters. The van der Waals surface area contributed by atoms with Gasteiger partial charge in [0.15, 0.2) is 5.65 Å². The van der Waals surface area contributed by atoms with Crippen molar-refractivity contribution in [2.24, 2.45) is 5.92 Å². The molecule has 1 fully saturated rings. The maximum Gasteiger partial charge on any atom is 0.250 e. The molecule has 0 spiro atoms. The molecular weight excluding hydrogens is 326 g/mol. The molecule has 5 heterocycles. The highest BCUT2D eigenvalue weighted by Gasteiger charge is 2.35. The van der Waals surface area contributed by atoms with Gasteiger partial charge in [0, 0.05) is 54.6 Å². The minimum absolute atomic E-state index is 0.131. The second-order valence-electron chi connectivity index (χ2n) is 7.80. The first kappa shape index (κ1) is 15.6. The third-order valence-electron chi connectivity index (χ3n) is 5.97. The number of nitrogens with zero attached hydrogens (tertiary/aromatic N) is 5. The summed E-state index contributed by atoms with van der Waals surface area (Å²) in [5.74, 6) is 1.99. The summed E-state index contributed by atoms with van der Waals surface area (Å²) in [6.45, 7) is 8.85. The Labute approximate surface area is 152 Å². The van der Waals surface area contributed by atoms with Crippen molar-refractivity contribution in [3.05, 3.63) is 57.3 Å². The lowest BCUT2D eigenvalue weighted by molar-refractivity contribution is 0.280. The quantitative estimate of drug-likeness (QED) is 0.677. The molecule has 2 aliphatic heterocycles. The van der Waals surface area contributed by atoms with Crippen molar-refractivity contribution >= 4 is 11.5 Å². The molecule has 0 amide bonds. The number of anilines is 1. The van der Waals surface area contributed by atoms with Gasteiger partial charge in [0.25, 0.3) is 5.56 Å². The lowest BCUT2D eigenvalue weighted by Gasteiger charge is -2.43. The number of fused-ring (bicyclic) bond motifs is 5. The summed E-state index contributed by atoms with van der Waals surface area (Å²) >= 11 is 0. The zero-order chi connectivity index (χ0) is 18.0. The van der Waals surface area contributed by atoms with Crippen LogP contribution in [0, 0.1) is 26.7 Å². The molecule has 1 saturated heterocycles. The monoisotopic (exact) mass is 349 g/mol. The molecule has 26 heavy (non-hydrogen) atoms. The van der Waals surface area contributed by atoms with E-state index in [1.54, 1.807) is 6.07 Å². The van der Waals surface area contributed by atoms with Crippen molar-refractivity contribution < 1.29 is 0 Å². The van der Waals surface area contributed by atoms with Crippen molar-refractivity contribution in [2.75, 3.05) is 18.0 Å². The molecule has 134 valence electrons. The molecule has 2 atom stereocenters. The van der Waals surface area contributed by atoms with Gasteiger partial charge < -0.3 is 9.47 Å². The van der Waals surface area contributed by atoms with Crippen LogP contribution in [0.3, 0.4) is 0 Å². The van der Waals surface area contributed by atoms with Gasteiger partial charge in [0.2, 0.25) is 0 Å². The Hall–Kier alpha value is -2.63. The van der Waals surface area contributed by atoms with Crippen molar-refractivity contribution in [1.29, 1.82) is 0 Å². The minimum atomic E-state index is 0.131. The lowest BCUT2D eigenvalue weighted by atomic mass is 9.83. The molecule has 0 saturated carbocycles. The zero-order valence-electron chi connectivity index (χ0n) is 15.4. The summed E-state index contributed by atoms with van der Waals surface area (Å²) in [4.78, 5) is 19.4. The molecule has 0 N–H and O–H groups in total. The van der Waals surface area contributed by atoms with Gasteiger partial charge in [0.05, 0.1) is 5.69 Å². The van der Waals surface area contributed by atoms with Crippen LogP contribution in [0.15, 0.2) is 29.1 Å². The highest BCUT2D eigenvalue weighted by molar-refractivity contribution is 5.57. The molecule has 5 rings (SSSR count). The number of aryl methyl sites for hydroxylation is 3. The van der Waals surface area contributed by atoms with Gasteiger partial charge in [-0.2, -0.15) is 9.61 Å². The van der Waals surface area contributed by atoms with Crippen LogP contribution in [0.1, 0.15) is 35.0 Å². The van der Waals surface area contributed by atoms with E-state index in [0.717, 1.165) is 54.5 Å². The van der Waals surface area contributed by atoms with Gasteiger partial charge in [0.1, 0.15) is 5.82 Å². The third kappa shape index (κ3) is 2.21. The van der Waals surface area contributed by atoms with Gasteiger partial charge in [-0.05, 0) is 39.2 Å². The fourth-order valence-electron chi connectivity index (χ4n) is 4.64. The van der Waals surface area contributed by atoms with Crippen molar-refractivity contribution in [3.8, 4) is 0 Å². The van der Waals surface area contributed by atoms with Crippen LogP contribution in [0.5, 0.6) is 0 Å². The van der Waals surface area contributed by atoms with Crippen LogP contribution in [0.25, 0.3) is 5.65 Å². The topological polar surface area (TPSA) is 55.4 Å². The summed E-state index contributed by atoms with van der Waals surface area (Å²) < 4.78 is 3.97. The van der Waals surface area contributed by atoms with Gasteiger partial charge in [-0.25, -0.2) is 4.98 Å². The predicted molar refractivity (Wildman–Crippen MR) is 101 cm³/mol. The summed E-state index contributed by atoms with van der Waals surface area (Å²) in [5, 5.41) is 4.74. The molecule has 0 aliphatic carbocycles. The van der Waals surface area contributed by atoms with E-state index in [-0.39, 0.29) is 5.56 Å². The van der Waals surface area contributed by atoms with E-state index in [0.29, 0.717) is 11.8 Å². The van der Waals surface area contributed by atoms with E-state index in [9.17, 15) is 4.79 Å². The van der Waals surface area contributed by atoms with Crippen LogP contribution in [0.4, 0.5) is 5.82 Å². The molecule has 6 heteroatoms. The predicted octanol–water partition coefficient (Wildman–Crippen LogP) is 2.44. The number of hydrogen-bond acceptors (Lipinski definition) is 4. The fourth-order valence-corrected chi connectivity index (χ4v) is 4.64. The standard InChI is InChI=1S/C20H23N5O/c1-12-7-18(25-20(21-12)13(2)14(3)22-25)23-9-15-8-16(11-23)17-5-4-6-19(26)24(17)10-15/h4-7,15-16H,8-11H2,1-3H3/t15-,16+/m0/s1. The van der Waals surface area contributed by atoms with E-state index in [2.05, 4.69) is 24.0 Å². The van der Waals surface area contributed by atoms with Crippen LogP contribution >= 0.6 is 0 Å². The Morgan fingerprint density at radius 2 is 1.96 bits per heavy atom. The number of pyridine rings is 1. The SMILES string of the molecule is Cc1cc(N2C[C@@H]3C[C@H](C2)c2cccc(=O)n2C3)n2nc(C)c(C)c2n1. The summed E-state index contributed by atoms with van der Waals surface area (Å²) in [6, 6.07) is 7.81. The van der Waals surface area contributed by atoms with E-state index < -0.39 is 0 Å². The molecule has 2 bridgehead atoms. The van der Waals surface area contributed by atoms with Gasteiger partial charge >= 0.3 is 0 Å². The number of rotatable bonds is 1. The number of hydrogen-bond donors (Lipinski definition) is 0. The van der Waals surface area contributed by atoms with Crippen molar-refractivity contribution in [2.45, 2.75) is 39.7 Å². The van der Waals surface area contributed by atoms with Crippen LogP contribution in [0.2, 0.25) is 0 Å². The smallest absolute Gasteiger partial charge is 0.250 e. The summed E-state index contributed by atoms with van der Waals surface area (Å²) in [5.41, 5.74) is 5.44. The normalized spacial score (nSPS) is 21.9. The fraction of sp³-hybridized carbons (Fsp3) is 0.450. The average molecular weight is 349 g/mol. The summed E-state index contributed by atoms with van der Waals surface area (Å²) in [7, 11) is 0. The third-order valence-corrected chi connectivity index (χ3v) is 5.97. The molecule has 0 aromatic carbocycles. The Morgan fingerprint density at radius 3 is 2.81 bits per heavy atom. The highest BCUT2D eigenvalue weighted by Crippen LogP contribution is 2.37. The van der Waals surface area contributed by atoms with E-state index in [4.69, 9.17) is 10.1 Å². The molecule has 2 aliphatic rings. The largest absolute Gasteiger partial charge is 0.355 e. The van der Waals surface area contributed by atoms with Gasteiger partial charge in [-0.15, -0.1) is 0 Å². The highest BCUT2D eigenvalue weighted by atomic mass is 16.1. The summed E-state index contributed by atoms with van der Waals surface area (Å²) in [6.07, 6.45) is 1.16. The average Bonchev–Trinajstić information content (AvgIpc) is 2.90. The molecule has 6 nitrogen and oxygen atoms in total. The van der Waals surface area contributed by atoms with Crippen LogP contribution in [-0.4, -0.2) is 32.3 Å². The minimum Gasteiger partial charge on any atom is -0.355 e.